The van der Waals surface area contributed by atoms with Crippen LogP contribution in [0.5, 0.6) is 0 Å². The third-order valence-electron chi connectivity index (χ3n) is 2.51. The summed E-state index contributed by atoms with van der Waals surface area (Å²) in [6.45, 7) is 1.89. The van der Waals surface area contributed by atoms with Gasteiger partial charge in [0.15, 0.2) is 0 Å². The van der Waals surface area contributed by atoms with Crippen molar-refractivity contribution in [3.63, 3.8) is 0 Å². The molecule has 0 radical (unpaired) electrons. The summed E-state index contributed by atoms with van der Waals surface area (Å²) in [6.07, 6.45) is 2.49. The lowest BCUT2D eigenvalue weighted by Crippen LogP contribution is -2.41. The molecule has 0 aliphatic carbocycles. The Labute approximate surface area is 111 Å². The monoisotopic (exact) mass is 271 g/mol. The number of aliphatic carboxylic acids is 1. The van der Waals surface area contributed by atoms with Gasteiger partial charge in [0.1, 0.15) is 6.04 Å². The van der Waals surface area contributed by atoms with E-state index in [1.807, 2.05) is 6.92 Å². The van der Waals surface area contributed by atoms with Gasteiger partial charge in [-0.1, -0.05) is 6.92 Å². The zero-order valence-electron chi connectivity index (χ0n) is 10.4. The van der Waals surface area contributed by atoms with E-state index in [9.17, 15) is 9.59 Å². The zero-order valence-corrected chi connectivity index (χ0v) is 11.3. The van der Waals surface area contributed by atoms with E-state index in [-0.39, 0.29) is 6.42 Å². The maximum Gasteiger partial charge on any atom is 0.326 e. The Morgan fingerprint density at radius 1 is 1.61 bits per heavy atom. The first-order chi connectivity index (χ1) is 8.49. The molecular formula is C11H17N3O3S. The second-order valence-electron chi connectivity index (χ2n) is 3.89. The zero-order chi connectivity index (χ0) is 13.7. The molecule has 0 aromatic carbocycles. The Morgan fingerprint density at radius 3 is 2.78 bits per heavy atom. The lowest BCUT2D eigenvalue weighted by molar-refractivity contribution is -0.139. The minimum atomic E-state index is -1.06. The van der Waals surface area contributed by atoms with Gasteiger partial charge in [0.2, 0.25) is 0 Å². The molecule has 1 amide bonds. The second-order valence-corrected chi connectivity index (χ2v) is 4.34. The van der Waals surface area contributed by atoms with Crippen molar-refractivity contribution in [1.29, 1.82) is 0 Å². The molecular weight excluding hydrogens is 254 g/mol. The summed E-state index contributed by atoms with van der Waals surface area (Å²) in [5, 5.41) is 15.6. The summed E-state index contributed by atoms with van der Waals surface area (Å²) in [5.74, 6) is -1.07. The van der Waals surface area contributed by atoms with Crippen LogP contribution in [0.3, 0.4) is 0 Å². The van der Waals surface area contributed by atoms with Gasteiger partial charge in [-0.05, 0) is 18.6 Å². The smallest absolute Gasteiger partial charge is 0.326 e. The number of hydrogen-bond acceptors (Lipinski definition) is 4. The van der Waals surface area contributed by atoms with Gasteiger partial charge in [-0.25, -0.2) is 4.79 Å². The summed E-state index contributed by atoms with van der Waals surface area (Å²) in [7, 11) is 1.72. The SMILES string of the molecule is CCc1nn(C)cc1C(=O)NC(CCS)C(=O)O. The van der Waals surface area contributed by atoms with E-state index < -0.39 is 17.9 Å². The number of aromatic nitrogens is 2. The Balaban J connectivity index is 2.83. The Bertz CT molecular complexity index is 445. The maximum atomic E-state index is 12.0. The van der Waals surface area contributed by atoms with Gasteiger partial charge in [0, 0.05) is 13.2 Å². The van der Waals surface area contributed by atoms with Crippen LogP contribution in [0.15, 0.2) is 6.20 Å². The van der Waals surface area contributed by atoms with Crippen LogP contribution >= 0.6 is 12.6 Å². The van der Waals surface area contributed by atoms with Gasteiger partial charge in [0.05, 0.1) is 11.3 Å². The van der Waals surface area contributed by atoms with Crippen molar-refractivity contribution >= 4 is 24.5 Å². The lowest BCUT2D eigenvalue weighted by atomic mass is 10.1. The normalized spacial score (nSPS) is 12.2. The van der Waals surface area contributed by atoms with Crippen molar-refractivity contribution in [2.24, 2.45) is 7.05 Å². The number of hydrogen-bond donors (Lipinski definition) is 3. The Hall–Kier alpha value is -1.50. The summed E-state index contributed by atoms with van der Waals surface area (Å²) < 4.78 is 1.54. The Morgan fingerprint density at radius 2 is 2.28 bits per heavy atom. The predicted molar refractivity (Wildman–Crippen MR) is 69.9 cm³/mol. The van der Waals surface area contributed by atoms with Crippen LogP contribution in [-0.2, 0) is 18.3 Å². The average molecular weight is 271 g/mol. The van der Waals surface area contributed by atoms with Gasteiger partial charge < -0.3 is 10.4 Å². The molecule has 1 unspecified atom stereocenters. The first-order valence-electron chi connectivity index (χ1n) is 5.66. The summed E-state index contributed by atoms with van der Waals surface area (Å²) in [4.78, 5) is 22.9. The number of amides is 1. The molecule has 0 bridgehead atoms. The highest BCUT2D eigenvalue weighted by Gasteiger charge is 2.22. The highest BCUT2D eigenvalue weighted by Crippen LogP contribution is 2.08. The molecule has 1 heterocycles. The summed E-state index contributed by atoms with van der Waals surface area (Å²) in [5.41, 5.74) is 1.08. The molecule has 6 nitrogen and oxygen atoms in total. The fourth-order valence-electron chi connectivity index (χ4n) is 1.61. The van der Waals surface area contributed by atoms with E-state index in [0.29, 0.717) is 23.4 Å². The van der Waals surface area contributed by atoms with Gasteiger partial charge in [-0.2, -0.15) is 17.7 Å². The lowest BCUT2D eigenvalue weighted by Gasteiger charge is -2.12. The van der Waals surface area contributed by atoms with Crippen molar-refractivity contribution in [2.75, 3.05) is 5.75 Å². The molecule has 2 N–H and O–H groups in total. The first kappa shape index (κ1) is 14.6. The molecule has 0 saturated carbocycles. The van der Waals surface area contributed by atoms with E-state index in [4.69, 9.17) is 5.11 Å². The molecule has 0 aliphatic rings. The Kier molecular flexibility index (Phi) is 5.21. The van der Waals surface area contributed by atoms with Crippen LogP contribution in [0.1, 0.15) is 29.4 Å². The van der Waals surface area contributed by atoms with Gasteiger partial charge in [-0.3, -0.25) is 9.48 Å². The second kappa shape index (κ2) is 6.44. The molecule has 1 aromatic rings. The fraction of sp³-hybridized carbons (Fsp3) is 0.545. The largest absolute Gasteiger partial charge is 0.480 e. The minimum Gasteiger partial charge on any atom is -0.480 e. The molecule has 1 atom stereocenters. The summed E-state index contributed by atoms with van der Waals surface area (Å²) in [6, 6.07) is -0.917. The standard InChI is InChI=1S/C11H17N3O3S/c1-3-8-7(6-14(2)13-8)10(15)12-9(4-5-18)11(16)17/h6,9,18H,3-5H2,1-2H3,(H,12,15)(H,16,17). The van der Waals surface area contributed by atoms with Crippen LogP contribution in [0.25, 0.3) is 0 Å². The van der Waals surface area contributed by atoms with Gasteiger partial charge >= 0.3 is 5.97 Å². The molecule has 0 saturated heterocycles. The fourth-order valence-corrected chi connectivity index (χ4v) is 1.87. The number of carboxylic acid groups (broad SMARTS) is 1. The number of rotatable bonds is 6. The minimum absolute atomic E-state index is 0.284. The van der Waals surface area contributed by atoms with Crippen LogP contribution in [0, 0.1) is 0 Å². The van der Waals surface area contributed by atoms with Gasteiger partial charge in [0.25, 0.3) is 5.91 Å². The van der Waals surface area contributed by atoms with E-state index in [2.05, 4.69) is 23.0 Å². The van der Waals surface area contributed by atoms with Crippen molar-refractivity contribution in [3.05, 3.63) is 17.5 Å². The third kappa shape index (κ3) is 3.49. The number of nitrogens with one attached hydrogen (secondary N) is 1. The van der Waals surface area contributed by atoms with Crippen molar-refractivity contribution in [3.8, 4) is 0 Å². The topological polar surface area (TPSA) is 84.2 Å². The van der Waals surface area contributed by atoms with Crippen LogP contribution in [-0.4, -0.2) is 38.6 Å². The van der Waals surface area contributed by atoms with Crippen molar-refractivity contribution in [1.82, 2.24) is 15.1 Å². The van der Waals surface area contributed by atoms with E-state index in [1.54, 1.807) is 17.9 Å². The highest BCUT2D eigenvalue weighted by atomic mass is 32.1. The predicted octanol–water partition coefficient (Wildman–Crippen LogP) is 0.485. The molecule has 7 heteroatoms. The highest BCUT2D eigenvalue weighted by molar-refractivity contribution is 7.80. The average Bonchev–Trinajstić information content (AvgIpc) is 2.69. The third-order valence-corrected chi connectivity index (χ3v) is 2.76. The number of nitrogens with zero attached hydrogens (tertiary/aromatic N) is 2. The summed E-state index contributed by atoms with van der Waals surface area (Å²) >= 11 is 3.98. The van der Waals surface area contributed by atoms with E-state index in [1.165, 1.54) is 0 Å². The van der Waals surface area contributed by atoms with Crippen molar-refractivity contribution < 1.29 is 14.7 Å². The van der Waals surface area contributed by atoms with Crippen LogP contribution in [0.2, 0.25) is 0 Å². The van der Waals surface area contributed by atoms with Gasteiger partial charge in [-0.15, -0.1) is 0 Å². The molecule has 0 fully saturated rings. The quantitative estimate of drug-likeness (QED) is 0.657. The molecule has 0 spiro atoms. The molecule has 1 aromatic heterocycles. The number of aryl methyl sites for hydroxylation is 2. The van der Waals surface area contributed by atoms with E-state index in [0.717, 1.165) is 0 Å². The molecule has 0 aliphatic heterocycles. The molecule has 18 heavy (non-hydrogen) atoms. The van der Waals surface area contributed by atoms with Crippen LogP contribution < -0.4 is 5.32 Å². The first-order valence-corrected chi connectivity index (χ1v) is 6.29. The van der Waals surface area contributed by atoms with E-state index >= 15 is 0 Å². The number of carboxylic acids is 1. The molecule has 100 valence electrons. The number of thiol groups is 1. The number of carbonyl (C=O) groups excluding carboxylic acids is 1. The van der Waals surface area contributed by atoms with Crippen LogP contribution in [0.4, 0.5) is 0 Å². The van der Waals surface area contributed by atoms with Crippen molar-refractivity contribution in [2.45, 2.75) is 25.8 Å². The maximum absolute atomic E-state index is 12.0. The number of carbonyl (C=O) groups is 2. The molecule has 1 rings (SSSR count).